The summed E-state index contributed by atoms with van der Waals surface area (Å²) in [6.07, 6.45) is 3.73. The van der Waals surface area contributed by atoms with E-state index >= 15 is 0 Å². The number of carbonyl (C=O) groups is 1. The Kier molecular flexibility index (Phi) is 4.77. The van der Waals surface area contributed by atoms with E-state index in [9.17, 15) is 4.79 Å². The Bertz CT molecular complexity index is 62.7. The van der Waals surface area contributed by atoms with E-state index < -0.39 is 0 Å². The van der Waals surface area contributed by atoms with Crippen LogP contribution in [0.1, 0.15) is 0 Å². The van der Waals surface area contributed by atoms with Crippen molar-refractivity contribution >= 4 is 28.6 Å². The minimum absolute atomic E-state index is 0.257. The van der Waals surface area contributed by atoms with E-state index in [-0.39, 0.29) is 5.12 Å². The molecule has 0 spiro atoms. The van der Waals surface area contributed by atoms with Crippen LogP contribution < -0.4 is 0 Å². The Morgan fingerprint density at radius 2 is 2.14 bits per heavy atom. The molecule has 0 fully saturated rings. The second kappa shape index (κ2) is 4.53. The molecule has 0 rings (SSSR count). The Hall–Kier alpha value is 0.370. The van der Waals surface area contributed by atoms with Crippen molar-refractivity contribution in [2.45, 2.75) is 0 Å². The van der Waals surface area contributed by atoms with E-state index in [0.717, 1.165) is 0 Å². The molecule has 0 atom stereocenters. The van der Waals surface area contributed by atoms with Crippen LogP contribution in [0.2, 0.25) is 0 Å². The van der Waals surface area contributed by atoms with Crippen LogP contribution in [-0.4, -0.2) is 23.4 Å². The van der Waals surface area contributed by atoms with Gasteiger partial charge in [0.1, 0.15) is 0 Å². The van der Waals surface area contributed by atoms with Crippen molar-refractivity contribution in [1.29, 1.82) is 0 Å². The Morgan fingerprint density at radius 3 is 2.29 bits per heavy atom. The van der Waals surface area contributed by atoms with E-state index in [1.54, 1.807) is 18.0 Å². The minimum atomic E-state index is 0.257. The van der Waals surface area contributed by atoms with Gasteiger partial charge in [0.05, 0.1) is 5.75 Å². The highest BCUT2D eigenvalue weighted by Gasteiger charge is 1.92. The van der Waals surface area contributed by atoms with Gasteiger partial charge < -0.3 is 0 Å². The molecular weight excluding hydrogens is 128 g/mol. The third-order valence-electron chi connectivity index (χ3n) is 0.490. The van der Waals surface area contributed by atoms with Gasteiger partial charge in [-0.15, -0.1) is 0 Å². The molecule has 0 aromatic carbocycles. The molecule has 0 amide bonds. The van der Waals surface area contributed by atoms with Crippen LogP contribution in [-0.2, 0) is 4.79 Å². The molecule has 0 N–H and O–H groups in total. The monoisotopic (exact) mass is 136 g/mol. The summed E-state index contributed by atoms with van der Waals surface area (Å²) >= 11 is 2.85. The van der Waals surface area contributed by atoms with Crippen LogP contribution in [0.25, 0.3) is 0 Å². The third-order valence-corrected chi connectivity index (χ3v) is 1.82. The van der Waals surface area contributed by atoms with Crippen molar-refractivity contribution < 1.29 is 4.79 Å². The molecule has 3 heteroatoms. The predicted octanol–water partition coefficient (Wildman–Crippen LogP) is 1.24. The second-order valence-corrected chi connectivity index (χ2v) is 2.74. The summed E-state index contributed by atoms with van der Waals surface area (Å²) in [5.74, 6) is 0.640. The van der Waals surface area contributed by atoms with Crippen LogP contribution >= 0.6 is 23.5 Å². The van der Waals surface area contributed by atoms with Gasteiger partial charge in [0.25, 0.3) is 0 Å². The zero-order valence-corrected chi connectivity index (χ0v) is 6.06. The molecule has 0 aliphatic rings. The van der Waals surface area contributed by atoms with Crippen LogP contribution in [0.3, 0.4) is 0 Å². The number of hydrogen-bond acceptors (Lipinski definition) is 3. The van der Waals surface area contributed by atoms with E-state index in [2.05, 4.69) is 0 Å². The molecule has 0 aromatic heterocycles. The van der Waals surface area contributed by atoms with Crippen LogP contribution in [0, 0.1) is 0 Å². The minimum Gasteiger partial charge on any atom is -0.286 e. The van der Waals surface area contributed by atoms with E-state index in [1.165, 1.54) is 11.8 Å². The summed E-state index contributed by atoms with van der Waals surface area (Å²) in [6, 6.07) is 0. The number of hydrogen-bond donors (Lipinski definition) is 0. The zero-order valence-electron chi connectivity index (χ0n) is 4.43. The van der Waals surface area contributed by atoms with Crippen molar-refractivity contribution in [2.24, 2.45) is 0 Å². The second-order valence-electron chi connectivity index (χ2n) is 1.01. The molecule has 0 saturated carbocycles. The average molecular weight is 136 g/mol. The van der Waals surface area contributed by atoms with E-state index in [1.807, 2.05) is 6.26 Å². The average Bonchev–Trinajstić information content (AvgIpc) is 1.68. The maximum absolute atomic E-state index is 10.4. The molecule has 0 aliphatic carbocycles. The highest BCUT2D eigenvalue weighted by Crippen LogP contribution is 2.00. The number of rotatable bonds is 2. The molecule has 0 aliphatic heterocycles. The normalized spacial score (nSPS) is 8.86. The first-order chi connectivity index (χ1) is 3.31. The van der Waals surface area contributed by atoms with E-state index in [0.29, 0.717) is 5.75 Å². The van der Waals surface area contributed by atoms with Gasteiger partial charge in [-0.3, -0.25) is 4.79 Å². The molecule has 1 nitrogen and oxygen atoms in total. The van der Waals surface area contributed by atoms with Crippen molar-refractivity contribution in [1.82, 2.24) is 0 Å². The first kappa shape index (κ1) is 7.37. The van der Waals surface area contributed by atoms with Crippen molar-refractivity contribution in [3.8, 4) is 0 Å². The summed E-state index contributed by atoms with van der Waals surface area (Å²) in [5.41, 5.74) is 0. The van der Waals surface area contributed by atoms with E-state index in [4.69, 9.17) is 0 Å². The molecule has 0 unspecified atom stereocenters. The van der Waals surface area contributed by atoms with Crippen LogP contribution in [0.15, 0.2) is 0 Å². The van der Waals surface area contributed by atoms with Crippen molar-refractivity contribution in [2.75, 3.05) is 18.3 Å². The summed E-state index contributed by atoms with van der Waals surface area (Å²) in [6.45, 7) is 0. The predicted molar refractivity (Wildman–Crippen MR) is 36.9 cm³/mol. The van der Waals surface area contributed by atoms with Crippen LogP contribution in [0.4, 0.5) is 0 Å². The largest absolute Gasteiger partial charge is 0.286 e. The van der Waals surface area contributed by atoms with Gasteiger partial charge in [-0.2, -0.15) is 11.8 Å². The zero-order chi connectivity index (χ0) is 5.70. The summed E-state index contributed by atoms with van der Waals surface area (Å²) in [7, 11) is 0. The maximum atomic E-state index is 10.4. The van der Waals surface area contributed by atoms with Gasteiger partial charge >= 0.3 is 0 Å². The molecule has 42 valence electrons. The fourth-order valence-electron chi connectivity index (χ4n) is 0.177. The van der Waals surface area contributed by atoms with Crippen LogP contribution in [0.5, 0.6) is 0 Å². The molecule has 7 heavy (non-hydrogen) atoms. The third kappa shape index (κ3) is 4.22. The topological polar surface area (TPSA) is 17.1 Å². The standard InChI is InChI=1S/C4H8OS2/c1-6-3-4(5)7-2/h3H2,1-2H3. The summed E-state index contributed by atoms with van der Waals surface area (Å²) in [5, 5.41) is 0.257. The summed E-state index contributed by atoms with van der Waals surface area (Å²) in [4.78, 5) is 10.4. The van der Waals surface area contributed by atoms with Gasteiger partial charge in [0.2, 0.25) is 0 Å². The molecular formula is C4H8OS2. The lowest BCUT2D eigenvalue weighted by Gasteiger charge is -1.86. The molecule has 0 radical (unpaired) electrons. The lowest BCUT2D eigenvalue weighted by Crippen LogP contribution is -1.91. The Labute approximate surface area is 52.2 Å². The lowest BCUT2D eigenvalue weighted by molar-refractivity contribution is -0.108. The van der Waals surface area contributed by atoms with Crippen molar-refractivity contribution in [3.63, 3.8) is 0 Å². The highest BCUT2D eigenvalue weighted by atomic mass is 32.2. The quantitative estimate of drug-likeness (QED) is 0.568. The van der Waals surface area contributed by atoms with Gasteiger partial charge in [0.15, 0.2) is 5.12 Å². The van der Waals surface area contributed by atoms with Gasteiger partial charge in [-0.05, 0) is 12.5 Å². The molecule has 0 bridgehead atoms. The SMILES string of the molecule is CSCC(=O)SC. The number of thioether (sulfide) groups is 2. The fraction of sp³-hybridized carbons (Fsp3) is 0.750. The Balaban J connectivity index is 3.00. The first-order valence-electron chi connectivity index (χ1n) is 1.87. The summed E-state index contributed by atoms with van der Waals surface area (Å²) < 4.78 is 0. The van der Waals surface area contributed by atoms with Gasteiger partial charge in [-0.25, -0.2) is 0 Å². The maximum Gasteiger partial charge on any atom is 0.198 e. The van der Waals surface area contributed by atoms with Gasteiger partial charge in [-0.1, -0.05) is 11.8 Å². The highest BCUT2D eigenvalue weighted by molar-refractivity contribution is 8.15. The number of carbonyl (C=O) groups excluding carboxylic acids is 1. The van der Waals surface area contributed by atoms with Gasteiger partial charge in [0, 0.05) is 0 Å². The molecule has 0 aromatic rings. The smallest absolute Gasteiger partial charge is 0.198 e. The molecule has 0 saturated heterocycles. The fourth-order valence-corrected chi connectivity index (χ4v) is 1.24. The van der Waals surface area contributed by atoms with Crippen molar-refractivity contribution in [3.05, 3.63) is 0 Å². The molecule has 0 heterocycles. The Morgan fingerprint density at radius 1 is 1.57 bits per heavy atom. The first-order valence-corrected chi connectivity index (χ1v) is 4.49. The lowest BCUT2D eigenvalue weighted by atomic mass is 10.9.